The summed E-state index contributed by atoms with van der Waals surface area (Å²) in [7, 11) is 0. The highest BCUT2D eigenvalue weighted by atomic mass is 16.5. The van der Waals surface area contributed by atoms with Crippen molar-refractivity contribution in [3.8, 4) is 5.75 Å². The number of aliphatic hydroxyl groups is 1. The minimum absolute atomic E-state index is 0.340. The minimum Gasteiger partial charge on any atom is -0.491 e. The second-order valence-electron chi connectivity index (χ2n) is 6.27. The Balaban J connectivity index is 1.41. The first kappa shape index (κ1) is 16.0. The molecular formula is C18H25N3O2. The summed E-state index contributed by atoms with van der Waals surface area (Å²) in [6.07, 6.45) is 7.50. The van der Waals surface area contributed by atoms with Crippen LogP contribution in [0.1, 0.15) is 24.4 Å². The van der Waals surface area contributed by atoms with Crippen LogP contribution in [-0.2, 0) is 0 Å². The van der Waals surface area contributed by atoms with Gasteiger partial charge in [0.25, 0.3) is 0 Å². The monoisotopic (exact) mass is 315 g/mol. The highest BCUT2D eigenvalue weighted by molar-refractivity contribution is 5.31. The topological polar surface area (TPSA) is 50.5 Å². The van der Waals surface area contributed by atoms with Crippen molar-refractivity contribution in [1.29, 1.82) is 0 Å². The fraction of sp³-hybridized carbons (Fsp3) is 0.500. The molecule has 5 nitrogen and oxygen atoms in total. The van der Waals surface area contributed by atoms with Crippen LogP contribution < -0.4 is 4.74 Å². The van der Waals surface area contributed by atoms with Crippen molar-refractivity contribution >= 4 is 0 Å². The SMILES string of the molecule is Cc1ccccc1OCC(O)CN1CCC(n2ccnc2)CC1. The van der Waals surface area contributed by atoms with Gasteiger partial charge in [-0.2, -0.15) is 0 Å². The molecule has 1 atom stereocenters. The number of imidazole rings is 1. The summed E-state index contributed by atoms with van der Waals surface area (Å²) >= 11 is 0. The zero-order valence-electron chi connectivity index (χ0n) is 13.6. The number of aryl methyl sites for hydroxylation is 1. The second kappa shape index (κ2) is 7.62. The average Bonchev–Trinajstić information content (AvgIpc) is 3.09. The Labute approximate surface area is 137 Å². The Morgan fingerprint density at radius 3 is 2.78 bits per heavy atom. The largest absolute Gasteiger partial charge is 0.491 e. The number of hydrogen-bond donors (Lipinski definition) is 1. The molecule has 5 heteroatoms. The molecule has 1 aliphatic heterocycles. The predicted octanol–water partition coefficient (Wildman–Crippen LogP) is 2.27. The van der Waals surface area contributed by atoms with Gasteiger partial charge in [-0.25, -0.2) is 4.98 Å². The smallest absolute Gasteiger partial charge is 0.122 e. The van der Waals surface area contributed by atoms with Crippen LogP contribution in [0.25, 0.3) is 0 Å². The standard InChI is InChI=1S/C18H25N3O2/c1-15-4-2-3-5-18(15)23-13-17(22)12-20-9-6-16(7-10-20)21-11-8-19-14-21/h2-5,8,11,14,16-17,22H,6-7,9-10,12-13H2,1H3. The number of benzene rings is 1. The molecule has 1 aliphatic rings. The van der Waals surface area contributed by atoms with E-state index in [4.69, 9.17) is 4.74 Å². The van der Waals surface area contributed by atoms with Crippen LogP contribution in [-0.4, -0.2) is 51.9 Å². The van der Waals surface area contributed by atoms with Crippen LogP contribution in [0, 0.1) is 6.92 Å². The summed E-state index contributed by atoms with van der Waals surface area (Å²) in [6, 6.07) is 8.44. The minimum atomic E-state index is -0.459. The maximum absolute atomic E-state index is 10.2. The van der Waals surface area contributed by atoms with Gasteiger partial charge in [-0.05, 0) is 31.4 Å². The van der Waals surface area contributed by atoms with Gasteiger partial charge in [-0.15, -0.1) is 0 Å². The Morgan fingerprint density at radius 1 is 1.30 bits per heavy atom. The zero-order chi connectivity index (χ0) is 16.1. The van der Waals surface area contributed by atoms with E-state index in [0.717, 1.165) is 37.2 Å². The van der Waals surface area contributed by atoms with Gasteiger partial charge >= 0.3 is 0 Å². The van der Waals surface area contributed by atoms with Crippen LogP contribution in [0.2, 0.25) is 0 Å². The first-order valence-corrected chi connectivity index (χ1v) is 8.28. The van der Waals surface area contributed by atoms with Crippen molar-refractivity contribution in [3.05, 3.63) is 48.5 Å². The number of aromatic nitrogens is 2. The molecular weight excluding hydrogens is 290 g/mol. The molecule has 0 bridgehead atoms. The van der Waals surface area contributed by atoms with Crippen molar-refractivity contribution < 1.29 is 9.84 Å². The number of rotatable bonds is 6. The van der Waals surface area contributed by atoms with E-state index in [1.807, 2.05) is 49.9 Å². The maximum Gasteiger partial charge on any atom is 0.122 e. The molecule has 0 saturated carbocycles. The molecule has 2 heterocycles. The van der Waals surface area contributed by atoms with E-state index in [0.29, 0.717) is 19.2 Å². The van der Waals surface area contributed by atoms with Crippen molar-refractivity contribution in [2.75, 3.05) is 26.2 Å². The predicted molar refractivity (Wildman–Crippen MR) is 89.6 cm³/mol. The van der Waals surface area contributed by atoms with Gasteiger partial charge in [0.05, 0.1) is 6.33 Å². The fourth-order valence-corrected chi connectivity index (χ4v) is 3.14. The Bertz CT molecular complexity index is 592. The molecule has 0 spiro atoms. The molecule has 1 unspecified atom stereocenters. The van der Waals surface area contributed by atoms with Crippen molar-refractivity contribution in [3.63, 3.8) is 0 Å². The normalized spacial score (nSPS) is 18.0. The zero-order valence-corrected chi connectivity index (χ0v) is 13.6. The molecule has 0 amide bonds. The van der Waals surface area contributed by atoms with Gasteiger partial charge in [0, 0.05) is 38.1 Å². The van der Waals surface area contributed by atoms with Gasteiger partial charge in [0.1, 0.15) is 18.5 Å². The molecule has 1 aromatic carbocycles. The quantitative estimate of drug-likeness (QED) is 0.888. The van der Waals surface area contributed by atoms with Crippen LogP contribution in [0.5, 0.6) is 5.75 Å². The third-order valence-corrected chi connectivity index (χ3v) is 4.50. The Morgan fingerprint density at radius 2 is 2.09 bits per heavy atom. The molecule has 1 fully saturated rings. The lowest BCUT2D eigenvalue weighted by molar-refractivity contribution is 0.0557. The number of hydrogen-bond acceptors (Lipinski definition) is 4. The van der Waals surface area contributed by atoms with Crippen molar-refractivity contribution in [2.24, 2.45) is 0 Å². The number of piperidine rings is 1. The maximum atomic E-state index is 10.2. The Hall–Kier alpha value is -1.85. The van der Waals surface area contributed by atoms with E-state index in [2.05, 4.69) is 14.5 Å². The molecule has 1 saturated heterocycles. The van der Waals surface area contributed by atoms with E-state index in [-0.39, 0.29) is 0 Å². The van der Waals surface area contributed by atoms with E-state index < -0.39 is 6.10 Å². The summed E-state index contributed by atoms with van der Waals surface area (Å²) in [5.41, 5.74) is 1.10. The average molecular weight is 315 g/mol. The van der Waals surface area contributed by atoms with Gasteiger partial charge in [-0.1, -0.05) is 18.2 Å². The van der Waals surface area contributed by atoms with Gasteiger partial charge in [-0.3, -0.25) is 0 Å². The summed E-state index contributed by atoms with van der Waals surface area (Å²) in [6.45, 7) is 5.03. The number of β-amino-alcohol motifs (C(OH)–C–C–N with tert-alkyl or cyclic N) is 1. The molecule has 1 N–H and O–H groups in total. The second-order valence-corrected chi connectivity index (χ2v) is 6.27. The first-order chi connectivity index (χ1) is 11.2. The van der Waals surface area contributed by atoms with Crippen LogP contribution in [0.3, 0.4) is 0 Å². The number of ether oxygens (including phenoxy) is 1. The third-order valence-electron chi connectivity index (χ3n) is 4.50. The first-order valence-electron chi connectivity index (χ1n) is 8.28. The number of aliphatic hydroxyl groups excluding tert-OH is 1. The van der Waals surface area contributed by atoms with E-state index in [1.54, 1.807) is 0 Å². The lowest BCUT2D eigenvalue weighted by atomic mass is 10.0. The third kappa shape index (κ3) is 4.33. The molecule has 3 rings (SSSR count). The van der Waals surface area contributed by atoms with Crippen molar-refractivity contribution in [2.45, 2.75) is 31.9 Å². The molecule has 124 valence electrons. The van der Waals surface area contributed by atoms with E-state index in [9.17, 15) is 5.11 Å². The highest BCUT2D eigenvalue weighted by Crippen LogP contribution is 2.22. The lowest BCUT2D eigenvalue weighted by Crippen LogP contribution is -2.41. The fourth-order valence-electron chi connectivity index (χ4n) is 3.14. The number of likely N-dealkylation sites (tertiary alicyclic amines) is 1. The van der Waals surface area contributed by atoms with Crippen LogP contribution >= 0.6 is 0 Å². The molecule has 0 radical (unpaired) electrons. The molecule has 1 aromatic heterocycles. The summed E-state index contributed by atoms with van der Waals surface area (Å²) in [5.74, 6) is 0.852. The highest BCUT2D eigenvalue weighted by Gasteiger charge is 2.22. The molecule has 2 aromatic rings. The number of nitrogens with zero attached hydrogens (tertiary/aromatic N) is 3. The van der Waals surface area contributed by atoms with Gasteiger partial charge < -0.3 is 19.3 Å². The van der Waals surface area contributed by atoms with Crippen molar-refractivity contribution in [1.82, 2.24) is 14.5 Å². The summed E-state index contributed by atoms with van der Waals surface area (Å²) in [4.78, 5) is 6.44. The van der Waals surface area contributed by atoms with E-state index >= 15 is 0 Å². The van der Waals surface area contributed by atoms with Crippen LogP contribution in [0.4, 0.5) is 0 Å². The van der Waals surface area contributed by atoms with E-state index in [1.165, 1.54) is 0 Å². The summed E-state index contributed by atoms with van der Waals surface area (Å²) < 4.78 is 7.92. The number of para-hydroxylation sites is 1. The van der Waals surface area contributed by atoms with Gasteiger partial charge in [0.15, 0.2) is 0 Å². The lowest BCUT2D eigenvalue weighted by Gasteiger charge is -2.33. The molecule has 23 heavy (non-hydrogen) atoms. The van der Waals surface area contributed by atoms with Crippen LogP contribution in [0.15, 0.2) is 43.0 Å². The van der Waals surface area contributed by atoms with Gasteiger partial charge in [0.2, 0.25) is 0 Å². The molecule has 0 aliphatic carbocycles. The Kier molecular flexibility index (Phi) is 5.31. The summed E-state index contributed by atoms with van der Waals surface area (Å²) in [5, 5.41) is 10.2.